The minimum Gasteiger partial charge on any atom is -0.379 e. The van der Waals surface area contributed by atoms with Crippen LogP contribution in [0, 0.1) is 6.92 Å². The summed E-state index contributed by atoms with van der Waals surface area (Å²) in [5.41, 5.74) is 2.61. The molecule has 1 saturated heterocycles. The molecule has 1 aliphatic rings. The van der Waals surface area contributed by atoms with E-state index >= 15 is 0 Å². The minimum absolute atomic E-state index is 0.307. The van der Waals surface area contributed by atoms with E-state index in [0.717, 1.165) is 38.8 Å². The third-order valence-corrected chi connectivity index (χ3v) is 4.05. The van der Waals surface area contributed by atoms with E-state index in [2.05, 4.69) is 58.3 Å². The molecule has 5 heteroatoms. The van der Waals surface area contributed by atoms with Gasteiger partial charge >= 0.3 is 0 Å². The number of aliphatic imine (C=N–C) groups is 1. The lowest BCUT2D eigenvalue weighted by atomic mass is 10.0. The molecule has 2 rings (SSSR count). The maximum absolute atomic E-state index is 5.50. The number of aryl methyl sites for hydroxylation is 1. The molecule has 126 valence electrons. The highest BCUT2D eigenvalue weighted by Gasteiger charge is 2.22. The lowest BCUT2D eigenvalue weighted by molar-refractivity contribution is 0.0170. The summed E-state index contributed by atoms with van der Waals surface area (Å²) in [5.74, 6) is 0.801. The molecule has 5 nitrogen and oxygen atoms in total. The minimum atomic E-state index is 0.307. The van der Waals surface area contributed by atoms with Crippen LogP contribution in [0.5, 0.6) is 0 Å². The number of nitrogens with one attached hydrogen (secondary N) is 2. The van der Waals surface area contributed by atoms with Gasteiger partial charge in [0.25, 0.3) is 0 Å². The summed E-state index contributed by atoms with van der Waals surface area (Å²) in [7, 11) is 1.79. The summed E-state index contributed by atoms with van der Waals surface area (Å²) in [6.45, 7) is 10.9. The molecular formula is C18H28N4O. The standard InChI is InChI=1S/C18H28N4O/c1-4-9-20-18(19-3)21-14-17(22-10-12-23-13-11-22)16-7-5-15(2)6-8-16/h4-8,17H,1,9-14H2,2-3H3,(H2,19,20,21). The Morgan fingerprint density at radius 3 is 2.61 bits per heavy atom. The molecule has 1 aromatic carbocycles. The van der Waals surface area contributed by atoms with Crippen LogP contribution in [0.2, 0.25) is 0 Å². The van der Waals surface area contributed by atoms with Crippen molar-refractivity contribution < 1.29 is 4.74 Å². The van der Waals surface area contributed by atoms with Gasteiger partial charge in [0.05, 0.1) is 19.3 Å². The molecule has 23 heavy (non-hydrogen) atoms. The molecule has 0 aliphatic carbocycles. The Morgan fingerprint density at radius 2 is 2.00 bits per heavy atom. The lowest BCUT2D eigenvalue weighted by Crippen LogP contribution is -2.46. The van der Waals surface area contributed by atoms with Crippen molar-refractivity contribution in [2.75, 3.05) is 46.4 Å². The molecule has 1 atom stereocenters. The normalized spacial score (nSPS) is 17.6. The van der Waals surface area contributed by atoms with Crippen molar-refractivity contribution in [1.82, 2.24) is 15.5 Å². The average Bonchev–Trinajstić information content (AvgIpc) is 2.60. The molecule has 2 N–H and O–H groups in total. The Hall–Kier alpha value is -1.85. The van der Waals surface area contributed by atoms with Gasteiger partial charge in [0, 0.05) is 33.2 Å². The van der Waals surface area contributed by atoms with Gasteiger partial charge in [-0.15, -0.1) is 6.58 Å². The average molecular weight is 316 g/mol. The Labute approximate surface area is 139 Å². The highest BCUT2D eigenvalue weighted by atomic mass is 16.5. The summed E-state index contributed by atoms with van der Waals surface area (Å²) < 4.78 is 5.50. The number of guanidine groups is 1. The Balaban J connectivity index is 2.06. The van der Waals surface area contributed by atoms with Crippen molar-refractivity contribution >= 4 is 5.96 Å². The summed E-state index contributed by atoms with van der Waals surface area (Å²) >= 11 is 0. The van der Waals surface area contributed by atoms with Crippen LogP contribution in [0.15, 0.2) is 41.9 Å². The van der Waals surface area contributed by atoms with Crippen molar-refractivity contribution in [3.8, 4) is 0 Å². The predicted molar refractivity (Wildman–Crippen MR) is 95.9 cm³/mol. The van der Waals surface area contributed by atoms with Gasteiger partial charge in [-0.25, -0.2) is 0 Å². The number of ether oxygens (including phenoxy) is 1. The van der Waals surface area contributed by atoms with Crippen LogP contribution in [0.1, 0.15) is 17.2 Å². The smallest absolute Gasteiger partial charge is 0.191 e. The molecule has 1 fully saturated rings. The highest BCUT2D eigenvalue weighted by molar-refractivity contribution is 5.79. The summed E-state index contributed by atoms with van der Waals surface area (Å²) in [6, 6.07) is 9.09. The Bertz CT molecular complexity index is 506. The second kappa shape index (κ2) is 9.33. The van der Waals surface area contributed by atoms with Crippen LogP contribution in [0.25, 0.3) is 0 Å². The van der Waals surface area contributed by atoms with Gasteiger partial charge in [-0.1, -0.05) is 35.9 Å². The fourth-order valence-corrected chi connectivity index (χ4v) is 2.72. The SMILES string of the molecule is C=CCNC(=NC)NCC(c1ccc(C)cc1)N1CCOCC1. The quantitative estimate of drug-likeness (QED) is 0.477. The first-order valence-corrected chi connectivity index (χ1v) is 8.18. The van der Waals surface area contributed by atoms with Crippen molar-refractivity contribution in [2.24, 2.45) is 4.99 Å². The fraction of sp³-hybridized carbons (Fsp3) is 0.500. The Morgan fingerprint density at radius 1 is 1.30 bits per heavy atom. The molecule has 0 aromatic heterocycles. The van der Waals surface area contributed by atoms with Gasteiger partial charge < -0.3 is 15.4 Å². The number of nitrogens with zero attached hydrogens (tertiary/aromatic N) is 2. The third kappa shape index (κ3) is 5.37. The zero-order valence-corrected chi connectivity index (χ0v) is 14.2. The van der Waals surface area contributed by atoms with E-state index in [-0.39, 0.29) is 0 Å². The monoisotopic (exact) mass is 316 g/mol. The zero-order valence-electron chi connectivity index (χ0n) is 14.2. The number of hydrogen-bond acceptors (Lipinski definition) is 3. The topological polar surface area (TPSA) is 48.9 Å². The van der Waals surface area contributed by atoms with E-state index in [0.29, 0.717) is 12.6 Å². The first kappa shape index (κ1) is 17.5. The van der Waals surface area contributed by atoms with Gasteiger partial charge in [0.2, 0.25) is 0 Å². The second-order valence-corrected chi connectivity index (χ2v) is 5.70. The molecule has 1 heterocycles. The highest BCUT2D eigenvalue weighted by Crippen LogP contribution is 2.21. The van der Waals surface area contributed by atoms with Crippen LogP contribution < -0.4 is 10.6 Å². The maximum atomic E-state index is 5.50. The van der Waals surface area contributed by atoms with E-state index < -0.39 is 0 Å². The van der Waals surface area contributed by atoms with Gasteiger partial charge in [0.15, 0.2) is 5.96 Å². The van der Waals surface area contributed by atoms with Crippen molar-refractivity contribution in [2.45, 2.75) is 13.0 Å². The molecule has 0 amide bonds. The predicted octanol–water partition coefficient (Wildman–Crippen LogP) is 1.72. The number of benzene rings is 1. The van der Waals surface area contributed by atoms with Gasteiger partial charge in [-0.05, 0) is 12.5 Å². The van der Waals surface area contributed by atoms with E-state index in [4.69, 9.17) is 4.74 Å². The fourth-order valence-electron chi connectivity index (χ4n) is 2.72. The third-order valence-electron chi connectivity index (χ3n) is 4.05. The number of rotatable bonds is 6. The van der Waals surface area contributed by atoms with Gasteiger partial charge in [0.1, 0.15) is 0 Å². The first-order valence-electron chi connectivity index (χ1n) is 8.18. The van der Waals surface area contributed by atoms with Crippen molar-refractivity contribution in [3.63, 3.8) is 0 Å². The van der Waals surface area contributed by atoms with Crippen LogP contribution >= 0.6 is 0 Å². The van der Waals surface area contributed by atoms with Crippen LogP contribution in [0.4, 0.5) is 0 Å². The number of hydrogen-bond donors (Lipinski definition) is 2. The molecule has 1 unspecified atom stereocenters. The zero-order chi connectivity index (χ0) is 16.5. The summed E-state index contributed by atoms with van der Waals surface area (Å²) in [6.07, 6.45) is 1.83. The van der Waals surface area contributed by atoms with Crippen LogP contribution in [0.3, 0.4) is 0 Å². The second-order valence-electron chi connectivity index (χ2n) is 5.70. The van der Waals surface area contributed by atoms with E-state index in [1.165, 1.54) is 11.1 Å². The maximum Gasteiger partial charge on any atom is 0.191 e. The molecule has 0 bridgehead atoms. The van der Waals surface area contributed by atoms with E-state index in [1.54, 1.807) is 7.05 Å². The molecule has 0 saturated carbocycles. The molecule has 1 aromatic rings. The summed E-state index contributed by atoms with van der Waals surface area (Å²) in [5, 5.41) is 6.64. The van der Waals surface area contributed by atoms with Crippen molar-refractivity contribution in [1.29, 1.82) is 0 Å². The van der Waals surface area contributed by atoms with Gasteiger partial charge in [-0.2, -0.15) is 0 Å². The number of morpholine rings is 1. The lowest BCUT2D eigenvalue weighted by Gasteiger charge is -2.35. The molecule has 0 spiro atoms. The largest absolute Gasteiger partial charge is 0.379 e. The Kier molecular flexibility index (Phi) is 7.10. The molecular weight excluding hydrogens is 288 g/mol. The van der Waals surface area contributed by atoms with E-state index in [1.807, 2.05) is 6.08 Å². The van der Waals surface area contributed by atoms with Crippen molar-refractivity contribution in [3.05, 3.63) is 48.0 Å². The molecule has 1 aliphatic heterocycles. The van der Waals surface area contributed by atoms with Crippen LogP contribution in [-0.4, -0.2) is 57.3 Å². The summed E-state index contributed by atoms with van der Waals surface area (Å²) in [4.78, 5) is 6.73. The van der Waals surface area contributed by atoms with Crippen LogP contribution in [-0.2, 0) is 4.74 Å². The first-order chi connectivity index (χ1) is 11.2. The molecule has 0 radical (unpaired) electrons. The van der Waals surface area contributed by atoms with Gasteiger partial charge in [-0.3, -0.25) is 9.89 Å². The van der Waals surface area contributed by atoms with E-state index in [9.17, 15) is 0 Å².